The van der Waals surface area contributed by atoms with Crippen LogP contribution in [-0.4, -0.2) is 6.29 Å². The van der Waals surface area contributed by atoms with Crippen LogP contribution in [0.2, 0.25) is 0 Å². The van der Waals surface area contributed by atoms with Gasteiger partial charge in [0.1, 0.15) is 6.29 Å². The van der Waals surface area contributed by atoms with Crippen LogP contribution in [-0.2, 0) is 4.79 Å². The third-order valence-corrected chi connectivity index (χ3v) is 4.99. The van der Waals surface area contributed by atoms with E-state index < -0.39 is 0 Å². The number of carbonyl (C=O) groups excluding carboxylic acids is 1. The van der Waals surface area contributed by atoms with Crippen molar-refractivity contribution in [1.29, 1.82) is 0 Å². The molecule has 0 spiro atoms. The second-order valence-electron chi connectivity index (χ2n) is 6.61. The standard InChI is InChI=1S/C16H26O/c1-10(2)14-6-5-12(4)16-13(9-17)7-11(3)8-15(14)16/h9-11,13-15H,5-8H2,1-4H3. The van der Waals surface area contributed by atoms with Crippen molar-refractivity contribution < 1.29 is 4.79 Å². The molecule has 0 aromatic carbocycles. The number of rotatable bonds is 2. The predicted octanol–water partition coefficient (Wildman–Crippen LogP) is 4.23. The molecule has 0 aliphatic heterocycles. The summed E-state index contributed by atoms with van der Waals surface area (Å²) >= 11 is 0. The van der Waals surface area contributed by atoms with E-state index in [2.05, 4.69) is 27.7 Å². The van der Waals surface area contributed by atoms with E-state index in [1.165, 1.54) is 36.7 Å². The topological polar surface area (TPSA) is 17.1 Å². The number of hydrogen-bond acceptors (Lipinski definition) is 1. The van der Waals surface area contributed by atoms with Crippen molar-refractivity contribution in [3.05, 3.63) is 11.1 Å². The molecule has 0 aromatic rings. The van der Waals surface area contributed by atoms with Gasteiger partial charge in [0.25, 0.3) is 0 Å². The SMILES string of the molecule is CC1=C2C(C=O)CC(C)CC2C(C(C)C)CC1. The maximum atomic E-state index is 11.3. The molecule has 2 aliphatic rings. The van der Waals surface area contributed by atoms with Gasteiger partial charge in [-0.25, -0.2) is 0 Å². The Morgan fingerprint density at radius 3 is 2.59 bits per heavy atom. The molecule has 17 heavy (non-hydrogen) atoms. The van der Waals surface area contributed by atoms with Crippen LogP contribution >= 0.6 is 0 Å². The first-order valence-electron chi connectivity index (χ1n) is 7.19. The lowest BCUT2D eigenvalue weighted by atomic mass is 9.60. The lowest BCUT2D eigenvalue weighted by molar-refractivity contribution is -0.111. The third-order valence-electron chi connectivity index (χ3n) is 4.99. The molecule has 0 heterocycles. The number of allylic oxidation sites excluding steroid dienone is 2. The fourth-order valence-corrected chi connectivity index (χ4v) is 4.19. The molecule has 2 aliphatic carbocycles. The molecule has 96 valence electrons. The van der Waals surface area contributed by atoms with Gasteiger partial charge < -0.3 is 4.79 Å². The molecule has 2 rings (SSSR count). The Balaban J connectivity index is 2.34. The van der Waals surface area contributed by atoms with Gasteiger partial charge in [-0.15, -0.1) is 0 Å². The molecule has 1 heteroatoms. The first kappa shape index (κ1) is 12.9. The van der Waals surface area contributed by atoms with E-state index in [-0.39, 0.29) is 5.92 Å². The second-order valence-corrected chi connectivity index (χ2v) is 6.61. The molecule has 0 aromatic heterocycles. The van der Waals surface area contributed by atoms with E-state index in [9.17, 15) is 4.79 Å². The minimum atomic E-state index is 0.227. The molecule has 1 fully saturated rings. The third kappa shape index (κ3) is 2.34. The fraction of sp³-hybridized carbons (Fsp3) is 0.812. The van der Waals surface area contributed by atoms with Crippen molar-refractivity contribution in [2.45, 2.75) is 53.4 Å². The van der Waals surface area contributed by atoms with E-state index >= 15 is 0 Å². The van der Waals surface area contributed by atoms with Crippen LogP contribution in [0.3, 0.4) is 0 Å². The van der Waals surface area contributed by atoms with Crippen molar-refractivity contribution >= 4 is 6.29 Å². The van der Waals surface area contributed by atoms with Gasteiger partial charge in [0.15, 0.2) is 0 Å². The zero-order valence-electron chi connectivity index (χ0n) is 11.7. The fourth-order valence-electron chi connectivity index (χ4n) is 4.19. The monoisotopic (exact) mass is 234 g/mol. The number of hydrogen-bond donors (Lipinski definition) is 0. The smallest absolute Gasteiger partial charge is 0.127 e. The molecular formula is C16H26O. The van der Waals surface area contributed by atoms with Gasteiger partial charge >= 0.3 is 0 Å². The normalized spacial score (nSPS) is 38.2. The largest absolute Gasteiger partial charge is 0.303 e. The van der Waals surface area contributed by atoms with Crippen LogP contribution in [0.1, 0.15) is 53.4 Å². The van der Waals surface area contributed by atoms with Crippen molar-refractivity contribution in [2.24, 2.45) is 29.6 Å². The molecule has 1 saturated carbocycles. The summed E-state index contributed by atoms with van der Waals surface area (Å²) in [6.07, 6.45) is 6.14. The summed E-state index contributed by atoms with van der Waals surface area (Å²) in [6.45, 7) is 9.26. The second kappa shape index (κ2) is 4.96. The summed E-state index contributed by atoms with van der Waals surface area (Å²) in [5, 5.41) is 0. The van der Waals surface area contributed by atoms with Crippen molar-refractivity contribution in [3.8, 4) is 0 Å². The average Bonchev–Trinajstić information content (AvgIpc) is 2.27. The quantitative estimate of drug-likeness (QED) is 0.516. The summed E-state index contributed by atoms with van der Waals surface area (Å²) in [4.78, 5) is 11.3. The Morgan fingerprint density at radius 1 is 1.29 bits per heavy atom. The van der Waals surface area contributed by atoms with Gasteiger partial charge in [-0.1, -0.05) is 31.9 Å². The van der Waals surface area contributed by atoms with Crippen molar-refractivity contribution in [1.82, 2.24) is 0 Å². The van der Waals surface area contributed by atoms with E-state index in [4.69, 9.17) is 0 Å². The molecule has 0 amide bonds. The lowest BCUT2D eigenvalue weighted by Gasteiger charge is -2.44. The Labute approximate surface area is 106 Å². The van der Waals surface area contributed by atoms with E-state index in [1.807, 2.05) is 0 Å². The predicted molar refractivity (Wildman–Crippen MR) is 71.7 cm³/mol. The van der Waals surface area contributed by atoms with Crippen LogP contribution in [0.25, 0.3) is 0 Å². The summed E-state index contributed by atoms with van der Waals surface area (Å²) in [7, 11) is 0. The van der Waals surface area contributed by atoms with Crippen molar-refractivity contribution in [3.63, 3.8) is 0 Å². The summed E-state index contributed by atoms with van der Waals surface area (Å²) < 4.78 is 0. The molecule has 0 radical (unpaired) electrons. The maximum Gasteiger partial charge on any atom is 0.127 e. The molecule has 4 unspecified atom stereocenters. The molecule has 1 nitrogen and oxygen atoms in total. The highest BCUT2D eigenvalue weighted by Crippen LogP contribution is 2.49. The Bertz CT molecular complexity index is 326. The van der Waals surface area contributed by atoms with Gasteiger partial charge in [-0.05, 0) is 56.3 Å². The van der Waals surface area contributed by atoms with Crippen LogP contribution in [0.5, 0.6) is 0 Å². The summed E-state index contributed by atoms with van der Waals surface area (Å²) in [5.74, 6) is 3.19. The number of carbonyl (C=O) groups is 1. The molecule has 0 saturated heterocycles. The highest BCUT2D eigenvalue weighted by atomic mass is 16.1. The van der Waals surface area contributed by atoms with Crippen LogP contribution in [0.15, 0.2) is 11.1 Å². The molecule has 0 N–H and O–H groups in total. The summed E-state index contributed by atoms with van der Waals surface area (Å²) in [5.41, 5.74) is 3.05. The first-order chi connectivity index (χ1) is 8.04. The van der Waals surface area contributed by atoms with Gasteiger partial charge in [0.2, 0.25) is 0 Å². The van der Waals surface area contributed by atoms with Crippen LogP contribution in [0, 0.1) is 29.6 Å². The maximum absolute atomic E-state index is 11.3. The van der Waals surface area contributed by atoms with E-state index in [0.717, 1.165) is 18.3 Å². The molecule has 4 atom stereocenters. The van der Waals surface area contributed by atoms with Crippen LogP contribution in [0.4, 0.5) is 0 Å². The number of fused-ring (bicyclic) bond motifs is 1. The van der Waals surface area contributed by atoms with Gasteiger partial charge in [0.05, 0.1) is 0 Å². The highest BCUT2D eigenvalue weighted by Gasteiger charge is 2.39. The number of aldehydes is 1. The lowest BCUT2D eigenvalue weighted by Crippen LogP contribution is -2.35. The van der Waals surface area contributed by atoms with Crippen molar-refractivity contribution in [2.75, 3.05) is 0 Å². The minimum Gasteiger partial charge on any atom is -0.303 e. The zero-order chi connectivity index (χ0) is 12.6. The first-order valence-corrected chi connectivity index (χ1v) is 7.19. The molecular weight excluding hydrogens is 208 g/mol. The van der Waals surface area contributed by atoms with Crippen LogP contribution < -0.4 is 0 Å². The van der Waals surface area contributed by atoms with Gasteiger partial charge in [-0.2, -0.15) is 0 Å². The van der Waals surface area contributed by atoms with E-state index in [0.29, 0.717) is 11.8 Å². The molecule has 0 bridgehead atoms. The Kier molecular flexibility index (Phi) is 3.75. The highest BCUT2D eigenvalue weighted by molar-refractivity contribution is 5.60. The Morgan fingerprint density at radius 2 is 2.00 bits per heavy atom. The van der Waals surface area contributed by atoms with Gasteiger partial charge in [0, 0.05) is 5.92 Å². The zero-order valence-corrected chi connectivity index (χ0v) is 11.7. The summed E-state index contributed by atoms with van der Waals surface area (Å²) in [6, 6.07) is 0. The van der Waals surface area contributed by atoms with Gasteiger partial charge in [-0.3, -0.25) is 0 Å². The Hall–Kier alpha value is -0.590. The van der Waals surface area contributed by atoms with E-state index in [1.54, 1.807) is 0 Å². The average molecular weight is 234 g/mol. The minimum absolute atomic E-state index is 0.227.